The van der Waals surface area contributed by atoms with E-state index in [2.05, 4.69) is 12.2 Å². The standard InChI is InChI=1S/C9H15NOS/c1-2-3-4-5-8(11)9-10-6-7-12-9/h6-7,9-10H,2-5H2,1H3. The van der Waals surface area contributed by atoms with Crippen LogP contribution in [0.5, 0.6) is 0 Å². The van der Waals surface area contributed by atoms with Gasteiger partial charge < -0.3 is 5.32 Å². The monoisotopic (exact) mass is 185 g/mol. The maximum absolute atomic E-state index is 11.4. The van der Waals surface area contributed by atoms with Gasteiger partial charge in [0.25, 0.3) is 0 Å². The largest absolute Gasteiger partial charge is 0.372 e. The first-order chi connectivity index (χ1) is 5.84. The number of carbonyl (C=O) groups is 1. The first-order valence-electron chi connectivity index (χ1n) is 4.44. The number of hydrogen-bond donors (Lipinski definition) is 1. The molecule has 1 unspecified atom stereocenters. The van der Waals surface area contributed by atoms with Gasteiger partial charge in [-0.2, -0.15) is 0 Å². The lowest BCUT2D eigenvalue weighted by Crippen LogP contribution is -2.26. The summed E-state index contributed by atoms with van der Waals surface area (Å²) in [7, 11) is 0. The Morgan fingerprint density at radius 1 is 1.58 bits per heavy atom. The molecule has 0 aromatic heterocycles. The third-order valence-corrected chi connectivity index (χ3v) is 2.81. The smallest absolute Gasteiger partial charge is 0.165 e. The molecule has 1 aliphatic heterocycles. The number of Topliss-reactive ketones (excluding diaryl/α,β-unsaturated/α-hetero) is 1. The van der Waals surface area contributed by atoms with E-state index in [0.717, 1.165) is 19.3 Å². The summed E-state index contributed by atoms with van der Waals surface area (Å²) in [4.78, 5) is 11.4. The third kappa shape index (κ3) is 2.89. The number of nitrogens with one attached hydrogen (secondary N) is 1. The van der Waals surface area contributed by atoms with Gasteiger partial charge in [-0.3, -0.25) is 4.79 Å². The summed E-state index contributed by atoms with van der Waals surface area (Å²) in [6.07, 6.45) is 5.94. The maximum atomic E-state index is 11.4. The van der Waals surface area contributed by atoms with Crippen molar-refractivity contribution in [3.05, 3.63) is 11.6 Å². The second-order valence-corrected chi connectivity index (χ2v) is 3.92. The van der Waals surface area contributed by atoms with Gasteiger partial charge in [0.05, 0.1) is 0 Å². The van der Waals surface area contributed by atoms with Crippen LogP contribution in [0.1, 0.15) is 32.6 Å². The molecule has 0 aliphatic carbocycles. The Labute approximate surface area is 77.8 Å². The molecule has 0 aromatic carbocycles. The van der Waals surface area contributed by atoms with Crippen LogP contribution in [0.25, 0.3) is 0 Å². The lowest BCUT2D eigenvalue weighted by atomic mass is 10.1. The van der Waals surface area contributed by atoms with Crippen LogP contribution >= 0.6 is 11.8 Å². The van der Waals surface area contributed by atoms with Gasteiger partial charge in [0, 0.05) is 12.6 Å². The van der Waals surface area contributed by atoms with Gasteiger partial charge in [0.1, 0.15) is 5.37 Å². The van der Waals surface area contributed by atoms with Crippen LogP contribution in [0.15, 0.2) is 11.6 Å². The van der Waals surface area contributed by atoms with Crippen LogP contribution in [0.2, 0.25) is 0 Å². The number of thioether (sulfide) groups is 1. The zero-order chi connectivity index (χ0) is 8.81. The summed E-state index contributed by atoms with van der Waals surface area (Å²) < 4.78 is 0. The van der Waals surface area contributed by atoms with Crippen molar-refractivity contribution >= 4 is 17.5 Å². The summed E-state index contributed by atoms with van der Waals surface area (Å²) in [5.41, 5.74) is 0. The average Bonchev–Trinajstić information content (AvgIpc) is 2.56. The minimum atomic E-state index is 0.00172. The Bertz CT molecular complexity index is 171. The van der Waals surface area contributed by atoms with Crippen LogP contribution in [0.3, 0.4) is 0 Å². The number of rotatable bonds is 5. The van der Waals surface area contributed by atoms with Crippen molar-refractivity contribution in [1.29, 1.82) is 0 Å². The molecule has 0 saturated carbocycles. The zero-order valence-electron chi connectivity index (χ0n) is 7.38. The molecule has 0 fully saturated rings. The topological polar surface area (TPSA) is 29.1 Å². The molecule has 0 bridgehead atoms. The van der Waals surface area contributed by atoms with Crippen LogP contribution in [-0.4, -0.2) is 11.2 Å². The number of ketones is 1. The number of carbonyl (C=O) groups excluding carboxylic acids is 1. The molecule has 2 nitrogen and oxygen atoms in total. The molecule has 0 aromatic rings. The molecule has 0 saturated heterocycles. The Kier molecular flexibility index (Phi) is 4.22. The maximum Gasteiger partial charge on any atom is 0.165 e. The molecule has 1 aliphatic rings. The van der Waals surface area contributed by atoms with Gasteiger partial charge in [-0.25, -0.2) is 0 Å². The minimum absolute atomic E-state index is 0.00172. The van der Waals surface area contributed by atoms with Crippen LogP contribution in [0, 0.1) is 0 Å². The quantitative estimate of drug-likeness (QED) is 0.666. The molecule has 1 N–H and O–H groups in total. The van der Waals surface area contributed by atoms with Crippen LogP contribution in [0.4, 0.5) is 0 Å². The SMILES string of the molecule is CCCCCC(=O)C1NC=CS1. The molecule has 68 valence electrons. The molecular weight excluding hydrogens is 170 g/mol. The van der Waals surface area contributed by atoms with Gasteiger partial charge in [-0.1, -0.05) is 31.5 Å². The highest BCUT2D eigenvalue weighted by atomic mass is 32.2. The van der Waals surface area contributed by atoms with E-state index in [-0.39, 0.29) is 5.37 Å². The number of unbranched alkanes of at least 4 members (excludes halogenated alkanes) is 2. The first kappa shape index (κ1) is 9.65. The predicted molar refractivity (Wildman–Crippen MR) is 52.8 cm³/mol. The summed E-state index contributed by atoms with van der Waals surface area (Å²) >= 11 is 1.57. The molecule has 1 atom stereocenters. The molecule has 0 spiro atoms. The van der Waals surface area contributed by atoms with Crippen molar-refractivity contribution in [3.8, 4) is 0 Å². The number of hydrogen-bond acceptors (Lipinski definition) is 3. The molecule has 1 rings (SSSR count). The van der Waals surface area contributed by atoms with Gasteiger partial charge in [-0.15, -0.1) is 0 Å². The van der Waals surface area contributed by atoms with E-state index in [1.807, 2.05) is 11.6 Å². The average molecular weight is 185 g/mol. The first-order valence-corrected chi connectivity index (χ1v) is 5.38. The highest BCUT2D eigenvalue weighted by Gasteiger charge is 2.18. The molecule has 12 heavy (non-hydrogen) atoms. The fourth-order valence-corrected chi connectivity index (χ4v) is 1.87. The minimum Gasteiger partial charge on any atom is -0.372 e. The van der Waals surface area contributed by atoms with E-state index in [1.54, 1.807) is 11.8 Å². The van der Waals surface area contributed by atoms with E-state index < -0.39 is 0 Å². The molecular formula is C9H15NOS. The second kappa shape index (κ2) is 5.25. The molecule has 3 heteroatoms. The third-order valence-electron chi connectivity index (χ3n) is 1.85. The Morgan fingerprint density at radius 3 is 3.00 bits per heavy atom. The lowest BCUT2D eigenvalue weighted by molar-refractivity contribution is -0.118. The van der Waals surface area contributed by atoms with Crippen molar-refractivity contribution < 1.29 is 4.79 Å². The zero-order valence-corrected chi connectivity index (χ0v) is 8.19. The summed E-state index contributed by atoms with van der Waals surface area (Å²) in [6, 6.07) is 0. The molecule has 0 radical (unpaired) electrons. The van der Waals surface area contributed by atoms with E-state index >= 15 is 0 Å². The molecule has 0 amide bonds. The highest BCUT2D eigenvalue weighted by molar-refractivity contribution is 8.03. The fourth-order valence-electron chi connectivity index (χ4n) is 1.13. The van der Waals surface area contributed by atoms with Gasteiger partial charge in [0.15, 0.2) is 5.78 Å². The van der Waals surface area contributed by atoms with Gasteiger partial charge in [-0.05, 0) is 11.8 Å². The van der Waals surface area contributed by atoms with Crippen LogP contribution < -0.4 is 5.32 Å². The van der Waals surface area contributed by atoms with Gasteiger partial charge in [0.2, 0.25) is 0 Å². The highest BCUT2D eigenvalue weighted by Crippen LogP contribution is 2.18. The summed E-state index contributed by atoms with van der Waals surface area (Å²) in [5, 5.41) is 4.95. The Balaban J connectivity index is 2.11. The van der Waals surface area contributed by atoms with Crippen molar-refractivity contribution in [2.75, 3.05) is 0 Å². The van der Waals surface area contributed by atoms with Crippen molar-refractivity contribution in [3.63, 3.8) is 0 Å². The second-order valence-electron chi connectivity index (χ2n) is 2.91. The van der Waals surface area contributed by atoms with E-state index in [9.17, 15) is 4.79 Å². The van der Waals surface area contributed by atoms with Crippen LogP contribution in [-0.2, 0) is 4.79 Å². The summed E-state index contributed by atoms with van der Waals surface area (Å²) in [5.74, 6) is 0.332. The normalized spacial score (nSPS) is 20.9. The fraction of sp³-hybridized carbons (Fsp3) is 0.667. The van der Waals surface area contributed by atoms with E-state index in [1.165, 1.54) is 6.42 Å². The Morgan fingerprint density at radius 2 is 2.42 bits per heavy atom. The summed E-state index contributed by atoms with van der Waals surface area (Å²) in [6.45, 7) is 2.15. The molecule has 1 heterocycles. The predicted octanol–water partition coefficient (Wildman–Crippen LogP) is 2.27. The van der Waals surface area contributed by atoms with Crippen molar-refractivity contribution in [1.82, 2.24) is 5.32 Å². The van der Waals surface area contributed by atoms with Crippen molar-refractivity contribution in [2.45, 2.75) is 38.0 Å². The van der Waals surface area contributed by atoms with E-state index in [4.69, 9.17) is 0 Å². The Hall–Kier alpha value is -0.440. The van der Waals surface area contributed by atoms with Gasteiger partial charge >= 0.3 is 0 Å². The lowest BCUT2D eigenvalue weighted by Gasteiger charge is -2.07. The van der Waals surface area contributed by atoms with E-state index in [0.29, 0.717) is 5.78 Å². The van der Waals surface area contributed by atoms with Crippen molar-refractivity contribution in [2.24, 2.45) is 0 Å².